The summed E-state index contributed by atoms with van der Waals surface area (Å²) in [7, 11) is 1.24. The van der Waals surface area contributed by atoms with Gasteiger partial charge in [0, 0.05) is 7.11 Å². The van der Waals surface area contributed by atoms with Gasteiger partial charge in [-0.2, -0.15) is 13.2 Å². The second-order valence-electron chi connectivity index (χ2n) is 7.61. The maximum absolute atomic E-state index is 14.4. The molecule has 0 aromatic heterocycles. The molecule has 1 aromatic carbocycles. The first-order valence-electron chi connectivity index (χ1n) is 9.83. The molecule has 3 aliphatic rings. The number of amidine groups is 2. The van der Waals surface area contributed by atoms with Gasteiger partial charge >= 0.3 is 6.18 Å². The molecule has 3 heterocycles. The Kier molecular flexibility index (Phi) is 5.90. The maximum atomic E-state index is 14.4. The normalized spacial score (nSPS) is 33.7. The van der Waals surface area contributed by atoms with Gasteiger partial charge in [0.05, 0.1) is 24.2 Å². The standard InChI is InChI=1S/C19H21F4N5O5/c1-8-25-16(27-11-5-9(19(21,22)23)3-4-10(11)20)18(32-2)17(26-8)28(7-24-18)15-14(31)13(30)12(6-29)33-15/h3-5,7-8,12-15,29-31H,6H2,1-2H3,(H,25,27)/t8?,12-,13-,14-,15-,18?/m1/s1. The molecule has 1 fully saturated rings. The molecule has 1 saturated heterocycles. The van der Waals surface area contributed by atoms with Gasteiger partial charge in [0.15, 0.2) is 17.9 Å². The van der Waals surface area contributed by atoms with E-state index in [0.29, 0.717) is 18.2 Å². The first-order chi connectivity index (χ1) is 15.5. The lowest BCUT2D eigenvalue weighted by Crippen LogP contribution is -2.57. The van der Waals surface area contributed by atoms with Crippen LogP contribution in [0.5, 0.6) is 0 Å². The number of methoxy groups -OCH3 is 1. The third-order valence-corrected chi connectivity index (χ3v) is 5.49. The Hall–Kier alpha value is -2.65. The lowest BCUT2D eigenvalue weighted by Gasteiger charge is -2.35. The zero-order valence-corrected chi connectivity index (χ0v) is 17.4. The van der Waals surface area contributed by atoms with E-state index in [9.17, 15) is 32.9 Å². The summed E-state index contributed by atoms with van der Waals surface area (Å²) in [6, 6.07) is 1.89. The molecule has 0 amide bonds. The van der Waals surface area contributed by atoms with Gasteiger partial charge in [0.1, 0.15) is 30.3 Å². The van der Waals surface area contributed by atoms with Crippen LogP contribution in [0.2, 0.25) is 0 Å². The molecule has 3 aliphatic heterocycles. The Morgan fingerprint density at radius 2 is 1.97 bits per heavy atom. The minimum absolute atomic E-state index is 0.0391. The van der Waals surface area contributed by atoms with Crippen LogP contribution in [0.25, 0.3) is 0 Å². The Morgan fingerprint density at radius 1 is 1.24 bits per heavy atom. The molecule has 33 heavy (non-hydrogen) atoms. The molecule has 4 rings (SSSR count). The second-order valence-corrected chi connectivity index (χ2v) is 7.61. The average Bonchev–Trinajstić information content (AvgIpc) is 3.27. The van der Waals surface area contributed by atoms with Crippen LogP contribution in [-0.4, -0.2) is 88.4 Å². The SMILES string of the molecule is COC12N=CN([C@@H]3O[C@H](CO)[C@@H](O)[C@H]3O)C1=NC(C)N=C2Nc1cc(C(F)(F)F)ccc1F. The zero-order chi connectivity index (χ0) is 24.1. The number of halogens is 4. The summed E-state index contributed by atoms with van der Waals surface area (Å²) in [5.74, 6) is -1.07. The van der Waals surface area contributed by atoms with Crippen molar-refractivity contribution in [1.29, 1.82) is 0 Å². The Morgan fingerprint density at radius 3 is 2.58 bits per heavy atom. The quantitative estimate of drug-likeness (QED) is 0.468. The van der Waals surface area contributed by atoms with Gasteiger partial charge in [0.25, 0.3) is 5.72 Å². The minimum Gasteiger partial charge on any atom is -0.394 e. The number of aliphatic imine (C=N–C) groups is 3. The Bertz CT molecular complexity index is 1020. The number of ether oxygens (including phenoxy) is 2. The number of nitrogens with zero attached hydrogens (tertiary/aromatic N) is 4. The molecule has 6 atom stereocenters. The lowest BCUT2D eigenvalue weighted by molar-refractivity contribution is -0.137. The topological polar surface area (TPSA) is 132 Å². The predicted octanol–water partition coefficient (Wildman–Crippen LogP) is 0.539. The molecule has 0 saturated carbocycles. The van der Waals surface area contributed by atoms with E-state index in [-0.39, 0.29) is 11.7 Å². The number of fused-ring (bicyclic) bond motifs is 1. The van der Waals surface area contributed by atoms with E-state index < -0.39 is 66.3 Å². The highest BCUT2D eigenvalue weighted by Gasteiger charge is 2.56. The number of hydrogen-bond acceptors (Lipinski definition) is 10. The Balaban J connectivity index is 1.68. The van der Waals surface area contributed by atoms with E-state index in [2.05, 4.69) is 20.3 Å². The lowest BCUT2D eigenvalue weighted by atomic mass is 10.1. The molecule has 4 N–H and O–H groups in total. The van der Waals surface area contributed by atoms with Crippen molar-refractivity contribution in [2.24, 2.45) is 15.0 Å². The van der Waals surface area contributed by atoms with Crippen LogP contribution in [0.4, 0.5) is 23.2 Å². The van der Waals surface area contributed by atoms with Crippen molar-refractivity contribution in [3.63, 3.8) is 0 Å². The first kappa shape index (κ1) is 23.5. The molecule has 0 radical (unpaired) electrons. The molecule has 180 valence electrons. The highest BCUT2D eigenvalue weighted by molar-refractivity contribution is 6.23. The molecule has 1 aromatic rings. The number of aliphatic hydroxyl groups excluding tert-OH is 3. The molecule has 0 aliphatic carbocycles. The third kappa shape index (κ3) is 3.87. The van der Waals surface area contributed by atoms with Crippen LogP contribution in [0.3, 0.4) is 0 Å². The van der Waals surface area contributed by atoms with Crippen LogP contribution >= 0.6 is 0 Å². The van der Waals surface area contributed by atoms with Crippen LogP contribution in [0.15, 0.2) is 33.2 Å². The van der Waals surface area contributed by atoms with Crippen molar-refractivity contribution in [3.05, 3.63) is 29.6 Å². The average molecular weight is 475 g/mol. The van der Waals surface area contributed by atoms with Crippen molar-refractivity contribution in [2.75, 3.05) is 19.0 Å². The largest absolute Gasteiger partial charge is 0.416 e. The fourth-order valence-electron chi connectivity index (χ4n) is 3.81. The highest BCUT2D eigenvalue weighted by Crippen LogP contribution is 2.36. The van der Waals surface area contributed by atoms with Crippen molar-refractivity contribution in [3.8, 4) is 0 Å². The minimum atomic E-state index is -4.69. The summed E-state index contributed by atoms with van der Waals surface area (Å²) >= 11 is 0. The van der Waals surface area contributed by atoms with Crippen LogP contribution in [0, 0.1) is 5.82 Å². The zero-order valence-electron chi connectivity index (χ0n) is 17.4. The number of benzene rings is 1. The van der Waals surface area contributed by atoms with Crippen molar-refractivity contribution in [1.82, 2.24) is 4.90 Å². The summed E-state index contributed by atoms with van der Waals surface area (Å²) in [5, 5.41) is 32.4. The van der Waals surface area contributed by atoms with E-state index in [1.54, 1.807) is 6.92 Å². The van der Waals surface area contributed by atoms with Crippen LogP contribution < -0.4 is 5.32 Å². The monoisotopic (exact) mass is 475 g/mol. The highest BCUT2D eigenvalue weighted by atomic mass is 19.4. The number of hydrogen-bond donors (Lipinski definition) is 4. The van der Waals surface area contributed by atoms with E-state index in [1.165, 1.54) is 18.3 Å². The van der Waals surface area contributed by atoms with Crippen LogP contribution in [0.1, 0.15) is 12.5 Å². The van der Waals surface area contributed by atoms with Crippen molar-refractivity contribution >= 4 is 23.7 Å². The molecule has 10 nitrogen and oxygen atoms in total. The fraction of sp³-hybridized carbons (Fsp3) is 0.526. The number of rotatable bonds is 4. The Labute approximate surface area is 184 Å². The van der Waals surface area contributed by atoms with Gasteiger partial charge < -0.3 is 30.1 Å². The molecular weight excluding hydrogens is 454 g/mol. The summed E-state index contributed by atoms with van der Waals surface area (Å²) in [5.41, 5.74) is -3.38. The molecule has 2 unspecified atom stereocenters. The fourth-order valence-corrected chi connectivity index (χ4v) is 3.81. The van der Waals surface area contributed by atoms with Gasteiger partial charge in [-0.05, 0) is 25.1 Å². The van der Waals surface area contributed by atoms with E-state index in [4.69, 9.17) is 9.47 Å². The number of nitrogens with one attached hydrogen (secondary N) is 1. The van der Waals surface area contributed by atoms with Crippen LogP contribution in [-0.2, 0) is 15.7 Å². The second kappa shape index (κ2) is 8.29. The number of alkyl halides is 3. The smallest absolute Gasteiger partial charge is 0.394 e. The molecule has 14 heteroatoms. The number of aliphatic hydroxyl groups is 3. The van der Waals surface area contributed by atoms with Gasteiger partial charge in [-0.3, -0.25) is 4.90 Å². The van der Waals surface area contributed by atoms with Gasteiger partial charge in [-0.25, -0.2) is 19.4 Å². The van der Waals surface area contributed by atoms with E-state index >= 15 is 0 Å². The van der Waals surface area contributed by atoms with Gasteiger partial charge in [-0.15, -0.1) is 0 Å². The maximum Gasteiger partial charge on any atom is 0.416 e. The first-order valence-corrected chi connectivity index (χ1v) is 9.83. The van der Waals surface area contributed by atoms with Crippen molar-refractivity contribution in [2.45, 2.75) is 49.5 Å². The predicted molar refractivity (Wildman–Crippen MR) is 107 cm³/mol. The molecule has 0 bridgehead atoms. The number of anilines is 1. The van der Waals surface area contributed by atoms with E-state index in [1.807, 2.05) is 0 Å². The molecule has 0 spiro atoms. The van der Waals surface area contributed by atoms with Crippen molar-refractivity contribution < 1.29 is 42.4 Å². The third-order valence-electron chi connectivity index (χ3n) is 5.49. The summed E-state index contributed by atoms with van der Waals surface area (Å²) in [4.78, 5) is 14.1. The summed E-state index contributed by atoms with van der Waals surface area (Å²) in [6.07, 6.45) is -9.40. The van der Waals surface area contributed by atoms with E-state index in [0.717, 1.165) is 0 Å². The summed E-state index contributed by atoms with van der Waals surface area (Å²) < 4.78 is 64.8. The van der Waals surface area contributed by atoms with Gasteiger partial charge in [0.2, 0.25) is 0 Å². The molecular formula is C19H21F4N5O5. The van der Waals surface area contributed by atoms with Gasteiger partial charge in [-0.1, -0.05) is 0 Å². The summed E-state index contributed by atoms with van der Waals surface area (Å²) in [6.45, 7) is 1.01.